The third-order valence-electron chi connectivity index (χ3n) is 4.92. The number of nitrogens with zero attached hydrogens (tertiary/aromatic N) is 4. The van der Waals surface area contributed by atoms with E-state index in [1.54, 1.807) is 18.8 Å². The average molecular weight is 539 g/mol. The molecular weight excluding hydrogens is 505 g/mol. The lowest BCUT2D eigenvalue weighted by Crippen LogP contribution is -2.45. The molecule has 8 nitrogen and oxygen atoms in total. The number of aromatic nitrogens is 2. The van der Waals surface area contributed by atoms with E-state index in [1.807, 2.05) is 30.3 Å². The third kappa shape index (κ3) is 7.40. The highest BCUT2D eigenvalue weighted by Crippen LogP contribution is 2.22. The number of nitriles is 1. The Labute approximate surface area is 202 Å². The molecule has 170 valence electrons. The Morgan fingerprint density at radius 1 is 1.29 bits per heavy atom. The molecule has 0 radical (unpaired) electrons. The lowest BCUT2D eigenvalue weighted by Gasteiger charge is -2.30. The van der Waals surface area contributed by atoms with E-state index in [9.17, 15) is 5.26 Å². The summed E-state index contributed by atoms with van der Waals surface area (Å²) in [5, 5.41) is 20.7. The summed E-state index contributed by atoms with van der Waals surface area (Å²) in [6.45, 7) is 7.79. The van der Waals surface area contributed by atoms with E-state index >= 15 is 0 Å². The number of para-hydroxylation sites is 1. The van der Waals surface area contributed by atoms with Crippen molar-refractivity contribution in [3.8, 4) is 11.8 Å². The minimum Gasteiger partial charge on any atom is -0.382 e. The molecular formula is C22H34IN7O. The first kappa shape index (κ1) is 26.7. The number of aliphatic imine (C=N–C) groups is 1. The Kier molecular flexibility index (Phi) is 10.8. The van der Waals surface area contributed by atoms with Gasteiger partial charge in [0.2, 0.25) is 0 Å². The minimum atomic E-state index is 0. The standard InChI is InChI=1S/C22H33N7O.HI/c1-22(2,3)19(30-5)15-27-21(25-4)26-13-9-12-18-17(14-23)20(24)29(28-18)16-10-7-6-8-11-16;/h6-8,10-11,19H,9,12-13,15,24H2,1-5H3,(H2,25,26,27);1H. The Hall–Kier alpha value is -2.32. The van der Waals surface area contributed by atoms with E-state index < -0.39 is 0 Å². The van der Waals surface area contributed by atoms with E-state index in [0.717, 1.165) is 18.1 Å². The van der Waals surface area contributed by atoms with E-state index in [2.05, 4.69) is 47.6 Å². The average Bonchev–Trinajstić information content (AvgIpc) is 3.04. The summed E-state index contributed by atoms with van der Waals surface area (Å²) in [6.07, 6.45) is 1.49. The number of ether oxygens (including phenoxy) is 1. The van der Waals surface area contributed by atoms with Gasteiger partial charge in [-0.15, -0.1) is 24.0 Å². The van der Waals surface area contributed by atoms with Crippen LogP contribution in [0, 0.1) is 16.7 Å². The molecule has 0 amide bonds. The van der Waals surface area contributed by atoms with Gasteiger partial charge in [-0.25, -0.2) is 4.68 Å². The Morgan fingerprint density at radius 3 is 2.52 bits per heavy atom. The summed E-state index contributed by atoms with van der Waals surface area (Å²) in [5.74, 6) is 1.09. The van der Waals surface area contributed by atoms with Crippen LogP contribution in [-0.4, -0.2) is 49.1 Å². The maximum absolute atomic E-state index is 9.51. The summed E-state index contributed by atoms with van der Waals surface area (Å²) in [4.78, 5) is 4.26. The molecule has 0 bridgehead atoms. The maximum Gasteiger partial charge on any atom is 0.191 e. The SMILES string of the molecule is CN=C(NCCCc1nn(-c2ccccc2)c(N)c1C#N)NCC(OC)C(C)(C)C.I. The molecule has 1 unspecified atom stereocenters. The fourth-order valence-electron chi connectivity index (χ4n) is 3.16. The molecule has 2 rings (SSSR count). The highest BCUT2D eigenvalue weighted by atomic mass is 127. The molecule has 0 fully saturated rings. The van der Waals surface area contributed by atoms with Gasteiger partial charge in [-0.05, 0) is 30.4 Å². The van der Waals surface area contributed by atoms with Gasteiger partial charge in [0.25, 0.3) is 0 Å². The molecule has 9 heteroatoms. The van der Waals surface area contributed by atoms with Crippen LogP contribution in [0.5, 0.6) is 0 Å². The molecule has 1 aromatic carbocycles. The first-order valence-corrected chi connectivity index (χ1v) is 10.1. The Bertz CT molecular complexity index is 882. The number of aryl methyl sites for hydroxylation is 1. The molecule has 0 aliphatic rings. The van der Waals surface area contributed by atoms with Gasteiger partial charge in [-0.1, -0.05) is 39.0 Å². The molecule has 0 saturated carbocycles. The monoisotopic (exact) mass is 539 g/mol. The van der Waals surface area contributed by atoms with Crippen molar-refractivity contribution in [2.75, 3.05) is 33.0 Å². The van der Waals surface area contributed by atoms with Crippen molar-refractivity contribution < 1.29 is 4.74 Å². The second-order valence-corrected chi connectivity index (χ2v) is 8.14. The van der Waals surface area contributed by atoms with Crippen LogP contribution >= 0.6 is 24.0 Å². The third-order valence-corrected chi connectivity index (χ3v) is 4.92. The van der Waals surface area contributed by atoms with Crippen LogP contribution in [0.1, 0.15) is 38.4 Å². The van der Waals surface area contributed by atoms with Gasteiger partial charge >= 0.3 is 0 Å². The van der Waals surface area contributed by atoms with E-state index in [1.165, 1.54) is 0 Å². The Balaban J connectivity index is 0.00000480. The van der Waals surface area contributed by atoms with Crippen LogP contribution in [0.2, 0.25) is 0 Å². The predicted octanol–water partition coefficient (Wildman–Crippen LogP) is 3.10. The maximum atomic E-state index is 9.51. The largest absolute Gasteiger partial charge is 0.382 e. The van der Waals surface area contributed by atoms with Gasteiger partial charge in [-0.2, -0.15) is 10.4 Å². The predicted molar refractivity (Wildman–Crippen MR) is 136 cm³/mol. The molecule has 4 N–H and O–H groups in total. The number of halogens is 1. The molecule has 0 aliphatic carbocycles. The fraction of sp³-hybridized carbons (Fsp3) is 0.500. The minimum absolute atomic E-state index is 0. The summed E-state index contributed by atoms with van der Waals surface area (Å²) in [6, 6.07) is 11.8. The van der Waals surface area contributed by atoms with Crippen molar-refractivity contribution in [2.24, 2.45) is 10.4 Å². The van der Waals surface area contributed by atoms with Crippen LogP contribution < -0.4 is 16.4 Å². The van der Waals surface area contributed by atoms with E-state index in [-0.39, 0.29) is 35.5 Å². The van der Waals surface area contributed by atoms with Crippen LogP contribution in [0.15, 0.2) is 35.3 Å². The van der Waals surface area contributed by atoms with E-state index in [4.69, 9.17) is 10.5 Å². The zero-order valence-corrected chi connectivity index (χ0v) is 21.3. The van der Waals surface area contributed by atoms with Crippen molar-refractivity contribution in [2.45, 2.75) is 39.7 Å². The first-order chi connectivity index (χ1) is 14.3. The molecule has 0 aliphatic heterocycles. The van der Waals surface area contributed by atoms with Gasteiger partial charge in [0.05, 0.1) is 17.5 Å². The lowest BCUT2D eigenvalue weighted by atomic mass is 9.89. The number of nitrogens with two attached hydrogens (primary N) is 1. The quantitative estimate of drug-likeness (QED) is 0.206. The summed E-state index contributed by atoms with van der Waals surface area (Å²) >= 11 is 0. The number of benzene rings is 1. The van der Waals surface area contributed by atoms with Crippen LogP contribution in [0.25, 0.3) is 5.69 Å². The molecule has 2 aromatic rings. The number of guanidine groups is 1. The Morgan fingerprint density at radius 2 is 1.97 bits per heavy atom. The lowest BCUT2D eigenvalue weighted by molar-refractivity contribution is 0.0205. The zero-order valence-electron chi connectivity index (χ0n) is 19.0. The number of nitrogens with one attached hydrogen (secondary N) is 2. The summed E-state index contributed by atoms with van der Waals surface area (Å²) in [5.41, 5.74) is 8.18. The van der Waals surface area contributed by atoms with Gasteiger partial charge in [0, 0.05) is 27.2 Å². The summed E-state index contributed by atoms with van der Waals surface area (Å²) in [7, 11) is 3.46. The van der Waals surface area contributed by atoms with Gasteiger partial charge in [0.1, 0.15) is 17.5 Å². The van der Waals surface area contributed by atoms with Crippen molar-refractivity contribution in [3.63, 3.8) is 0 Å². The number of hydrogen-bond donors (Lipinski definition) is 3. The summed E-state index contributed by atoms with van der Waals surface area (Å²) < 4.78 is 7.19. The molecule has 31 heavy (non-hydrogen) atoms. The molecule has 1 heterocycles. The highest BCUT2D eigenvalue weighted by Gasteiger charge is 2.24. The number of hydrogen-bond acceptors (Lipinski definition) is 5. The van der Waals surface area contributed by atoms with Crippen LogP contribution in [0.4, 0.5) is 5.82 Å². The molecule has 0 saturated heterocycles. The second kappa shape index (κ2) is 12.5. The number of nitrogen functional groups attached to an aromatic ring is 1. The van der Waals surface area contributed by atoms with Crippen molar-refractivity contribution in [3.05, 3.63) is 41.6 Å². The van der Waals surface area contributed by atoms with Crippen molar-refractivity contribution >= 4 is 35.8 Å². The van der Waals surface area contributed by atoms with Gasteiger partial charge in [-0.3, -0.25) is 4.99 Å². The molecule has 1 atom stereocenters. The smallest absolute Gasteiger partial charge is 0.191 e. The fourth-order valence-corrected chi connectivity index (χ4v) is 3.16. The number of anilines is 1. The second-order valence-electron chi connectivity index (χ2n) is 8.14. The number of rotatable bonds is 8. The van der Waals surface area contributed by atoms with Gasteiger partial charge < -0.3 is 21.1 Å². The van der Waals surface area contributed by atoms with Crippen molar-refractivity contribution in [1.82, 2.24) is 20.4 Å². The topological polar surface area (TPSA) is 113 Å². The van der Waals surface area contributed by atoms with Crippen molar-refractivity contribution in [1.29, 1.82) is 5.26 Å². The first-order valence-electron chi connectivity index (χ1n) is 10.1. The van der Waals surface area contributed by atoms with E-state index in [0.29, 0.717) is 36.6 Å². The zero-order chi connectivity index (χ0) is 22.1. The number of methoxy groups -OCH3 is 1. The van der Waals surface area contributed by atoms with Crippen LogP contribution in [0.3, 0.4) is 0 Å². The van der Waals surface area contributed by atoms with Crippen LogP contribution in [-0.2, 0) is 11.2 Å². The molecule has 1 aromatic heterocycles. The molecule has 0 spiro atoms. The van der Waals surface area contributed by atoms with Gasteiger partial charge in [0.15, 0.2) is 5.96 Å². The normalized spacial score (nSPS) is 12.6. The highest BCUT2D eigenvalue weighted by molar-refractivity contribution is 14.0.